The first kappa shape index (κ1) is 19.4. The van der Waals surface area contributed by atoms with Gasteiger partial charge in [0, 0.05) is 24.8 Å². The second kappa shape index (κ2) is 8.21. The quantitative estimate of drug-likeness (QED) is 0.662. The lowest BCUT2D eigenvalue weighted by molar-refractivity contribution is -0.127. The smallest absolute Gasteiger partial charge is 0.261 e. The van der Waals surface area contributed by atoms with E-state index in [0.29, 0.717) is 24.0 Å². The molecule has 0 spiro atoms. The third-order valence-corrected chi connectivity index (χ3v) is 5.88. The average Bonchev–Trinajstić information content (AvgIpc) is 3.07. The maximum Gasteiger partial charge on any atom is 0.261 e. The Hall–Kier alpha value is -2.93. The van der Waals surface area contributed by atoms with E-state index in [4.69, 9.17) is 0 Å². The third kappa shape index (κ3) is 4.24. The van der Waals surface area contributed by atoms with Crippen LogP contribution >= 0.6 is 11.8 Å². The number of nitrogens with zero attached hydrogens (tertiary/aromatic N) is 4. The van der Waals surface area contributed by atoms with Gasteiger partial charge in [-0.05, 0) is 36.8 Å². The number of hydrogen-bond donors (Lipinski definition) is 0. The number of aryl methyl sites for hydroxylation is 2. The van der Waals surface area contributed by atoms with E-state index in [1.54, 1.807) is 22.7 Å². The van der Waals surface area contributed by atoms with Gasteiger partial charge in [0.05, 0.1) is 22.9 Å². The summed E-state index contributed by atoms with van der Waals surface area (Å²) in [7, 11) is 0. The van der Waals surface area contributed by atoms with Crippen LogP contribution in [0.5, 0.6) is 0 Å². The molecule has 148 valence electrons. The fourth-order valence-electron chi connectivity index (χ4n) is 3.34. The Morgan fingerprint density at radius 1 is 1.24 bits per heavy atom. The van der Waals surface area contributed by atoms with E-state index in [2.05, 4.69) is 16.9 Å². The number of para-hydroxylation sites is 1. The van der Waals surface area contributed by atoms with E-state index in [0.717, 1.165) is 16.4 Å². The molecule has 0 N–H and O–H groups in total. The van der Waals surface area contributed by atoms with Gasteiger partial charge in [0.1, 0.15) is 0 Å². The summed E-state index contributed by atoms with van der Waals surface area (Å²) >= 11 is 1.60. The van der Waals surface area contributed by atoms with E-state index in [9.17, 15) is 9.59 Å². The van der Waals surface area contributed by atoms with Crippen molar-refractivity contribution in [3.8, 4) is 0 Å². The molecule has 1 aliphatic heterocycles. The Morgan fingerprint density at radius 2 is 2.07 bits per heavy atom. The molecule has 6 nitrogen and oxygen atoms in total. The number of amidine groups is 1. The summed E-state index contributed by atoms with van der Waals surface area (Å²) < 4.78 is 1.50. The van der Waals surface area contributed by atoms with Crippen LogP contribution in [0, 0.1) is 6.92 Å². The third-order valence-electron chi connectivity index (χ3n) is 4.80. The summed E-state index contributed by atoms with van der Waals surface area (Å²) in [6.07, 6.45) is 1.74. The number of thioether (sulfide) groups is 1. The zero-order valence-corrected chi connectivity index (χ0v) is 17.2. The molecule has 2 heterocycles. The van der Waals surface area contributed by atoms with Crippen LogP contribution in [0.2, 0.25) is 0 Å². The number of rotatable bonds is 4. The zero-order valence-electron chi connectivity index (χ0n) is 16.4. The molecule has 0 aliphatic carbocycles. The number of amides is 1. The van der Waals surface area contributed by atoms with E-state index < -0.39 is 0 Å². The van der Waals surface area contributed by atoms with E-state index in [1.807, 2.05) is 49.4 Å². The zero-order chi connectivity index (χ0) is 20.4. The molecule has 1 amide bonds. The molecule has 0 radical (unpaired) electrons. The SMILES string of the molecule is Cc1cccc(N=C2SC(C)CN2C(=O)CCn2cnc3ccccc3c2=O)c1. The minimum Gasteiger partial charge on any atom is -0.298 e. The van der Waals surface area contributed by atoms with Crippen LogP contribution in [0.1, 0.15) is 18.9 Å². The lowest BCUT2D eigenvalue weighted by Crippen LogP contribution is -2.34. The van der Waals surface area contributed by atoms with Crippen LogP contribution in [0.4, 0.5) is 5.69 Å². The summed E-state index contributed by atoms with van der Waals surface area (Å²) in [5, 5.41) is 1.57. The lowest BCUT2D eigenvalue weighted by Gasteiger charge is -2.16. The van der Waals surface area contributed by atoms with Crippen molar-refractivity contribution in [2.45, 2.75) is 32.1 Å². The first-order valence-electron chi connectivity index (χ1n) is 9.58. The molecule has 7 heteroatoms. The number of carbonyl (C=O) groups excluding carboxylic acids is 1. The van der Waals surface area contributed by atoms with Crippen molar-refractivity contribution in [1.82, 2.24) is 14.5 Å². The van der Waals surface area contributed by atoms with Crippen molar-refractivity contribution in [2.24, 2.45) is 4.99 Å². The second-order valence-corrected chi connectivity index (χ2v) is 8.58. The number of aliphatic imine (C=N–C) groups is 1. The Bertz CT molecular complexity index is 1150. The standard InChI is InChI=1S/C22H22N4O2S/c1-15-6-5-7-17(12-15)24-22-26(13-16(2)29-22)20(27)10-11-25-14-23-19-9-4-3-8-18(19)21(25)28/h3-9,12,14,16H,10-11,13H2,1-2H3. The van der Waals surface area contributed by atoms with Gasteiger partial charge in [0.15, 0.2) is 5.17 Å². The second-order valence-electron chi connectivity index (χ2n) is 7.18. The van der Waals surface area contributed by atoms with Gasteiger partial charge in [-0.3, -0.25) is 19.1 Å². The first-order valence-corrected chi connectivity index (χ1v) is 10.5. The molecule has 4 rings (SSSR count). The highest BCUT2D eigenvalue weighted by atomic mass is 32.2. The molecule has 29 heavy (non-hydrogen) atoms. The largest absolute Gasteiger partial charge is 0.298 e. The predicted molar refractivity (Wildman–Crippen MR) is 118 cm³/mol. The van der Waals surface area contributed by atoms with Crippen LogP contribution in [0.3, 0.4) is 0 Å². The molecule has 1 saturated heterocycles. The van der Waals surface area contributed by atoms with Gasteiger partial charge in [-0.1, -0.05) is 43.0 Å². The highest BCUT2D eigenvalue weighted by Crippen LogP contribution is 2.29. The summed E-state index contributed by atoms with van der Waals surface area (Å²) in [5.74, 6) is -0.0340. The van der Waals surface area contributed by atoms with Crippen molar-refractivity contribution >= 4 is 39.4 Å². The number of hydrogen-bond acceptors (Lipinski definition) is 5. The molecule has 3 aromatic rings. The summed E-state index contributed by atoms with van der Waals surface area (Å²) in [5.41, 5.74) is 2.51. The van der Waals surface area contributed by atoms with Gasteiger partial charge >= 0.3 is 0 Å². The van der Waals surface area contributed by atoms with Crippen LogP contribution in [0.15, 0.2) is 64.6 Å². The monoisotopic (exact) mass is 406 g/mol. The van der Waals surface area contributed by atoms with Crippen LogP contribution in [-0.4, -0.2) is 37.3 Å². The summed E-state index contributed by atoms with van der Waals surface area (Å²) in [4.78, 5) is 36.3. The van der Waals surface area contributed by atoms with E-state index in [-0.39, 0.29) is 23.1 Å². The minimum absolute atomic E-state index is 0.0340. The lowest BCUT2D eigenvalue weighted by atomic mass is 10.2. The number of aromatic nitrogens is 2. The molecule has 1 aromatic heterocycles. The molecule has 0 saturated carbocycles. The summed E-state index contributed by atoms with van der Waals surface area (Å²) in [6.45, 7) is 5.02. The molecular formula is C22H22N4O2S. The highest BCUT2D eigenvalue weighted by molar-refractivity contribution is 8.14. The Balaban J connectivity index is 1.51. The maximum absolute atomic E-state index is 12.9. The van der Waals surface area contributed by atoms with Gasteiger partial charge in [-0.2, -0.15) is 0 Å². The molecule has 1 fully saturated rings. The minimum atomic E-state index is -0.124. The van der Waals surface area contributed by atoms with E-state index in [1.165, 1.54) is 10.9 Å². The maximum atomic E-state index is 12.9. The molecule has 0 bridgehead atoms. The fourth-order valence-corrected chi connectivity index (χ4v) is 4.38. The molecule has 1 atom stereocenters. The van der Waals surface area contributed by atoms with Crippen LogP contribution in [-0.2, 0) is 11.3 Å². The average molecular weight is 407 g/mol. The van der Waals surface area contributed by atoms with Crippen molar-refractivity contribution in [3.05, 3.63) is 70.8 Å². The summed E-state index contributed by atoms with van der Waals surface area (Å²) in [6, 6.07) is 15.2. The molecular weight excluding hydrogens is 384 g/mol. The molecule has 2 aromatic carbocycles. The van der Waals surface area contributed by atoms with Crippen molar-refractivity contribution in [1.29, 1.82) is 0 Å². The molecule has 1 unspecified atom stereocenters. The highest BCUT2D eigenvalue weighted by Gasteiger charge is 2.30. The van der Waals surface area contributed by atoms with Gasteiger partial charge < -0.3 is 0 Å². The molecule has 1 aliphatic rings. The van der Waals surface area contributed by atoms with Crippen molar-refractivity contribution in [3.63, 3.8) is 0 Å². The Kier molecular flexibility index (Phi) is 5.49. The first-order chi connectivity index (χ1) is 14.0. The normalized spacial score (nSPS) is 17.9. The number of carbonyl (C=O) groups is 1. The van der Waals surface area contributed by atoms with Crippen molar-refractivity contribution < 1.29 is 4.79 Å². The number of fused-ring (bicyclic) bond motifs is 1. The van der Waals surface area contributed by atoms with Gasteiger partial charge in [-0.15, -0.1) is 0 Å². The number of benzene rings is 2. The van der Waals surface area contributed by atoms with Crippen LogP contribution in [0.25, 0.3) is 10.9 Å². The Morgan fingerprint density at radius 3 is 2.90 bits per heavy atom. The van der Waals surface area contributed by atoms with Gasteiger partial charge in [0.25, 0.3) is 5.56 Å². The van der Waals surface area contributed by atoms with Crippen LogP contribution < -0.4 is 5.56 Å². The fraction of sp³-hybridized carbons (Fsp3) is 0.273. The van der Waals surface area contributed by atoms with Gasteiger partial charge in [0.2, 0.25) is 5.91 Å². The van der Waals surface area contributed by atoms with E-state index >= 15 is 0 Å². The topological polar surface area (TPSA) is 67.6 Å². The predicted octanol–water partition coefficient (Wildman–Crippen LogP) is 3.75. The van der Waals surface area contributed by atoms with Gasteiger partial charge in [-0.25, -0.2) is 9.98 Å². The Labute approximate surface area is 173 Å². The van der Waals surface area contributed by atoms with Crippen molar-refractivity contribution in [2.75, 3.05) is 6.54 Å².